The van der Waals surface area contributed by atoms with E-state index in [0.29, 0.717) is 38.2 Å². The van der Waals surface area contributed by atoms with E-state index in [4.69, 9.17) is 4.74 Å². The van der Waals surface area contributed by atoms with Crippen molar-refractivity contribution in [2.75, 3.05) is 25.0 Å². The fourth-order valence-corrected chi connectivity index (χ4v) is 4.55. The number of hydrogen-bond donors (Lipinski definition) is 2. The van der Waals surface area contributed by atoms with Gasteiger partial charge in [-0.2, -0.15) is 0 Å². The Bertz CT molecular complexity index is 1180. The maximum Gasteiger partial charge on any atom is 0.319 e. The minimum absolute atomic E-state index is 0.198. The van der Waals surface area contributed by atoms with E-state index < -0.39 is 12.1 Å². The van der Waals surface area contributed by atoms with Crippen LogP contribution in [0.1, 0.15) is 25.3 Å². The Labute approximate surface area is 205 Å². The van der Waals surface area contributed by atoms with Gasteiger partial charge in [-0.25, -0.2) is 4.79 Å². The number of urea groups is 1. The zero-order valence-electron chi connectivity index (χ0n) is 19.9. The first-order valence-corrected chi connectivity index (χ1v) is 12.1. The van der Waals surface area contributed by atoms with Gasteiger partial charge in [0.25, 0.3) is 0 Å². The summed E-state index contributed by atoms with van der Waals surface area (Å²) in [6.45, 7) is 2.94. The maximum atomic E-state index is 13.6. The van der Waals surface area contributed by atoms with Crippen LogP contribution in [0.3, 0.4) is 0 Å². The molecular formula is C28H31N3O4. The SMILES string of the molecule is CCOC(=O)C1CCCN(C(=O)C(Cc2ccccc2)NC(=O)Nc2cccc3ccccc23)C1. The molecule has 4 rings (SSSR count). The fourth-order valence-electron chi connectivity index (χ4n) is 4.55. The molecule has 2 atom stereocenters. The van der Waals surface area contributed by atoms with Gasteiger partial charge in [0, 0.05) is 24.9 Å². The molecule has 182 valence electrons. The first-order valence-electron chi connectivity index (χ1n) is 12.1. The first kappa shape index (κ1) is 24.3. The van der Waals surface area contributed by atoms with Crippen LogP contribution in [0, 0.1) is 5.92 Å². The number of amides is 3. The van der Waals surface area contributed by atoms with Crippen molar-refractivity contribution in [3.63, 3.8) is 0 Å². The molecule has 1 fully saturated rings. The molecule has 0 spiro atoms. The minimum atomic E-state index is -0.770. The van der Waals surface area contributed by atoms with Crippen LogP contribution in [0.5, 0.6) is 0 Å². The number of benzene rings is 3. The summed E-state index contributed by atoms with van der Waals surface area (Å²) in [4.78, 5) is 40.5. The average Bonchev–Trinajstić information content (AvgIpc) is 2.89. The molecule has 2 unspecified atom stereocenters. The third kappa shape index (κ3) is 6.18. The molecule has 1 aliphatic heterocycles. The summed E-state index contributed by atoms with van der Waals surface area (Å²) in [5, 5.41) is 7.73. The van der Waals surface area contributed by atoms with Crippen molar-refractivity contribution in [1.29, 1.82) is 0 Å². The van der Waals surface area contributed by atoms with Crippen LogP contribution in [0.4, 0.5) is 10.5 Å². The number of carbonyl (C=O) groups excluding carboxylic acids is 3. The van der Waals surface area contributed by atoms with E-state index in [0.717, 1.165) is 22.8 Å². The number of likely N-dealkylation sites (tertiary alicyclic amines) is 1. The standard InChI is InChI=1S/C28H31N3O4/c1-2-35-27(33)22-14-9-17-31(19-22)26(32)25(18-20-10-4-3-5-11-20)30-28(34)29-24-16-8-13-21-12-6-7-15-23(21)24/h3-8,10-13,15-16,22,25H,2,9,14,17-19H2,1H3,(H2,29,30,34). The number of anilines is 1. The smallest absolute Gasteiger partial charge is 0.319 e. The number of nitrogens with one attached hydrogen (secondary N) is 2. The molecule has 3 aromatic rings. The highest BCUT2D eigenvalue weighted by atomic mass is 16.5. The van der Waals surface area contributed by atoms with Gasteiger partial charge >= 0.3 is 12.0 Å². The third-order valence-corrected chi connectivity index (χ3v) is 6.28. The van der Waals surface area contributed by atoms with Gasteiger partial charge in [0.1, 0.15) is 6.04 Å². The van der Waals surface area contributed by atoms with Crippen molar-refractivity contribution in [2.24, 2.45) is 5.92 Å². The third-order valence-electron chi connectivity index (χ3n) is 6.28. The second-order valence-electron chi connectivity index (χ2n) is 8.74. The minimum Gasteiger partial charge on any atom is -0.466 e. The van der Waals surface area contributed by atoms with Crippen LogP contribution in [-0.2, 0) is 20.7 Å². The van der Waals surface area contributed by atoms with Gasteiger partial charge < -0.3 is 20.3 Å². The van der Waals surface area contributed by atoms with Gasteiger partial charge in [-0.1, -0.05) is 66.7 Å². The van der Waals surface area contributed by atoms with E-state index in [-0.39, 0.29) is 17.8 Å². The van der Waals surface area contributed by atoms with Gasteiger partial charge in [0.2, 0.25) is 5.91 Å². The lowest BCUT2D eigenvalue weighted by Gasteiger charge is -2.34. The van der Waals surface area contributed by atoms with E-state index in [1.165, 1.54) is 0 Å². The first-order chi connectivity index (χ1) is 17.0. The summed E-state index contributed by atoms with van der Waals surface area (Å²) in [6.07, 6.45) is 1.76. The van der Waals surface area contributed by atoms with Crippen LogP contribution >= 0.6 is 0 Å². The second-order valence-corrected chi connectivity index (χ2v) is 8.74. The predicted octanol–water partition coefficient (Wildman–Crippen LogP) is 4.37. The number of rotatable bonds is 7. The summed E-state index contributed by atoms with van der Waals surface area (Å²) < 4.78 is 5.18. The van der Waals surface area contributed by atoms with Crippen molar-refractivity contribution in [2.45, 2.75) is 32.2 Å². The monoisotopic (exact) mass is 473 g/mol. The van der Waals surface area contributed by atoms with Crippen LogP contribution in [-0.4, -0.2) is 48.5 Å². The fraction of sp³-hybridized carbons (Fsp3) is 0.321. The van der Waals surface area contributed by atoms with Crippen molar-refractivity contribution in [3.8, 4) is 0 Å². The Kier molecular flexibility index (Phi) is 7.98. The molecule has 3 aromatic carbocycles. The summed E-state index contributed by atoms with van der Waals surface area (Å²) in [7, 11) is 0. The van der Waals surface area contributed by atoms with Gasteiger partial charge in [0.05, 0.1) is 18.2 Å². The topological polar surface area (TPSA) is 87.7 Å². The Hall–Kier alpha value is -3.87. The molecule has 2 N–H and O–H groups in total. The molecular weight excluding hydrogens is 442 g/mol. The Morgan fingerprint density at radius 3 is 2.54 bits per heavy atom. The number of ether oxygens (including phenoxy) is 1. The number of hydrogen-bond acceptors (Lipinski definition) is 4. The van der Waals surface area contributed by atoms with Gasteiger partial charge in [0.15, 0.2) is 0 Å². The number of piperidine rings is 1. The Morgan fingerprint density at radius 1 is 1.00 bits per heavy atom. The number of nitrogens with zero attached hydrogens (tertiary/aromatic N) is 1. The number of esters is 1. The van der Waals surface area contributed by atoms with Crippen molar-refractivity contribution in [1.82, 2.24) is 10.2 Å². The normalized spacial score (nSPS) is 16.4. The Morgan fingerprint density at radius 2 is 1.74 bits per heavy atom. The van der Waals surface area contributed by atoms with E-state index in [1.807, 2.05) is 72.8 Å². The highest BCUT2D eigenvalue weighted by Crippen LogP contribution is 2.23. The molecule has 0 aromatic heterocycles. The molecule has 0 radical (unpaired) electrons. The largest absolute Gasteiger partial charge is 0.466 e. The zero-order valence-corrected chi connectivity index (χ0v) is 19.9. The molecule has 3 amide bonds. The summed E-state index contributed by atoms with van der Waals surface area (Å²) in [6, 6.07) is 21.9. The highest BCUT2D eigenvalue weighted by Gasteiger charge is 2.33. The van der Waals surface area contributed by atoms with E-state index in [2.05, 4.69) is 10.6 Å². The lowest BCUT2D eigenvalue weighted by Crippen LogP contribution is -2.53. The van der Waals surface area contributed by atoms with Crippen molar-refractivity contribution in [3.05, 3.63) is 78.4 Å². The van der Waals surface area contributed by atoms with Crippen molar-refractivity contribution < 1.29 is 19.1 Å². The summed E-state index contributed by atoms with van der Waals surface area (Å²) in [5.41, 5.74) is 1.61. The molecule has 0 bridgehead atoms. The maximum absolute atomic E-state index is 13.6. The van der Waals surface area contributed by atoms with E-state index >= 15 is 0 Å². The van der Waals surface area contributed by atoms with Crippen LogP contribution in [0.2, 0.25) is 0 Å². The Balaban J connectivity index is 1.50. The molecule has 7 nitrogen and oxygen atoms in total. The summed E-state index contributed by atoms with van der Waals surface area (Å²) in [5.74, 6) is -0.809. The highest BCUT2D eigenvalue weighted by molar-refractivity contribution is 6.02. The lowest BCUT2D eigenvalue weighted by molar-refractivity contribution is -0.151. The van der Waals surface area contributed by atoms with E-state index in [9.17, 15) is 14.4 Å². The molecule has 0 saturated carbocycles. The van der Waals surface area contributed by atoms with Gasteiger partial charge in [-0.3, -0.25) is 9.59 Å². The van der Waals surface area contributed by atoms with Gasteiger partial charge in [-0.05, 0) is 36.8 Å². The molecule has 1 saturated heterocycles. The second kappa shape index (κ2) is 11.5. The molecule has 7 heteroatoms. The quantitative estimate of drug-likeness (QED) is 0.499. The number of fused-ring (bicyclic) bond motifs is 1. The number of carbonyl (C=O) groups is 3. The van der Waals surface area contributed by atoms with Gasteiger partial charge in [-0.15, -0.1) is 0 Å². The van der Waals surface area contributed by atoms with Crippen LogP contribution in [0.15, 0.2) is 72.8 Å². The lowest BCUT2D eigenvalue weighted by atomic mass is 9.96. The van der Waals surface area contributed by atoms with Crippen LogP contribution in [0.25, 0.3) is 10.8 Å². The average molecular weight is 474 g/mol. The molecule has 1 aliphatic rings. The molecule has 35 heavy (non-hydrogen) atoms. The summed E-state index contributed by atoms with van der Waals surface area (Å²) >= 11 is 0. The predicted molar refractivity (Wildman–Crippen MR) is 136 cm³/mol. The molecule has 0 aliphatic carbocycles. The molecule has 1 heterocycles. The van der Waals surface area contributed by atoms with Crippen molar-refractivity contribution >= 4 is 34.4 Å². The van der Waals surface area contributed by atoms with Crippen LogP contribution < -0.4 is 10.6 Å². The zero-order chi connectivity index (χ0) is 24.6. The van der Waals surface area contributed by atoms with E-state index in [1.54, 1.807) is 11.8 Å².